The third-order valence-electron chi connectivity index (χ3n) is 2.74. The smallest absolute Gasteiger partial charge is 0.118 e. The van der Waals surface area contributed by atoms with E-state index in [1.54, 1.807) is 7.11 Å². The van der Waals surface area contributed by atoms with E-state index < -0.39 is 0 Å². The first kappa shape index (κ1) is 14.0. The average molecular weight is 237 g/mol. The zero-order valence-electron chi connectivity index (χ0n) is 11.0. The molecule has 0 aliphatic heterocycles. The van der Waals surface area contributed by atoms with Crippen molar-refractivity contribution >= 4 is 0 Å². The predicted octanol–water partition coefficient (Wildman–Crippen LogP) is 2.77. The highest BCUT2D eigenvalue weighted by Gasteiger charge is 2.03. The van der Waals surface area contributed by atoms with Crippen molar-refractivity contribution < 1.29 is 9.47 Å². The Hall–Kier alpha value is -1.06. The minimum absolute atomic E-state index is 0.363. The molecule has 1 rings (SSSR count). The fourth-order valence-corrected chi connectivity index (χ4v) is 1.65. The van der Waals surface area contributed by atoms with Crippen LogP contribution in [-0.2, 0) is 4.74 Å². The Balaban J connectivity index is 2.28. The van der Waals surface area contributed by atoms with E-state index in [-0.39, 0.29) is 0 Å². The first-order valence-corrected chi connectivity index (χ1v) is 6.23. The van der Waals surface area contributed by atoms with E-state index in [2.05, 4.69) is 24.4 Å². The van der Waals surface area contributed by atoms with Crippen molar-refractivity contribution in [2.24, 2.45) is 0 Å². The van der Waals surface area contributed by atoms with E-state index >= 15 is 0 Å². The summed E-state index contributed by atoms with van der Waals surface area (Å²) in [6.07, 6.45) is 1.05. The Morgan fingerprint density at radius 2 is 1.94 bits per heavy atom. The minimum atomic E-state index is 0.363. The van der Waals surface area contributed by atoms with Gasteiger partial charge in [0.2, 0.25) is 0 Å². The van der Waals surface area contributed by atoms with Crippen LogP contribution in [0.3, 0.4) is 0 Å². The topological polar surface area (TPSA) is 30.5 Å². The molecule has 96 valence electrons. The summed E-state index contributed by atoms with van der Waals surface area (Å²) in [7, 11) is 1.68. The van der Waals surface area contributed by atoms with Crippen molar-refractivity contribution in [1.29, 1.82) is 0 Å². The fraction of sp³-hybridized carbons (Fsp3) is 0.571. The van der Waals surface area contributed by atoms with Gasteiger partial charge in [-0.05, 0) is 44.5 Å². The SMILES string of the molecule is CCOCCCN[C@H](C)c1ccc(OC)cc1. The maximum absolute atomic E-state index is 5.29. The van der Waals surface area contributed by atoms with Gasteiger partial charge in [-0.1, -0.05) is 12.1 Å². The van der Waals surface area contributed by atoms with Crippen LogP contribution in [0.2, 0.25) is 0 Å². The lowest BCUT2D eigenvalue weighted by molar-refractivity contribution is 0.144. The van der Waals surface area contributed by atoms with Crippen molar-refractivity contribution in [3.63, 3.8) is 0 Å². The van der Waals surface area contributed by atoms with E-state index in [0.717, 1.165) is 31.9 Å². The largest absolute Gasteiger partial charge is 0.497 e. The maximum atomic E-state index is 5.29. The van der Waals surface area contributed by atoms with Gasteiger partial charge in [-0.3, -0.25) is 0 Å². The van der Waals surface area contributed by atoms with Crippen LogP contribution in [0, 0.1) is 0 Å². The van der Waals surface area contributed by atoms with Crippen LogP contribution >= 0.6 is 0 Å². The van der Waals surface area contributed by atoms with Crippen LogP contribution in [0.25, 0.3) is 0 Å². The second kappa shape index (κ2) is 8.09. The minimum Gasteiger partial charge on any atom is -0.497 e. The zero-order valence-corrected chi connectivity index (χ0v) is 11.0. The molecule has 3 heteroatoms. The van der Waals surface area contributed by atoms with Crippen molar-refractivity contribution in [2.75, 3.05) is 26.9 Å². The number of hydrogen-bond donors (Lipinski definition) is 1. The Labute approximate surface area is 104 Å². The molecule has 1 aromatic rings. The summed E-state index contributed by atoms with van der Waals surface area (Å²) in [5, 5.41) is 3.47. The first-order chi connectivity index (χ1) is 8.27. The van der Waals surface area contributed by atoms with Gasteiger partial charge < -0.3 is 14.8 Å². The Kier molecular flexibility index (Phi) is 6.67. The second-order valence-electron chi connectivity index (χ2n) is 4.00. The van der Waals surface area contributed by atoms with Crippen molar-refractivity contribution in [2.45, 2.75) is 26.3 Å². The van der Waals surface area contributed by atoms with Gasteiger partial charge in [0.1, 0.15) is 5.75 Å². The van der Waals surface area contributed by atoms with Gasteiger partial charge in [0.25, 0.3) is 0 Å². The van der Waals surface area contributed by atoms with Crippen LogP contribution in [0.5, 0.6) is 5.75 Å². The summed E-state index contributed by atoms with van der Waals surface area (Å²) in [4.78, 5) is 0. The summed E-state index contributed by atoms with van der Waals surface area (Å²) in [6.45, 7) is 6.80. The normalized spacial score (nSPS) is 12.4. The van der Waals surface area contributed by atoms with E-state index in [0.29, 0.717) is 6.04 Å². The molecule has 0 fully saturated rings. The van der Waals surface area contributed by atoms with E-state index in [9.17, 15) is 0 Å². The molecule has 1 atom stereocenters. The summed E-state index contributed by atoms with van der Waals surface area (Å²) < 4.78 is 10.4. The lowest BCUT2D eigenvalue weighted by Crippen LogP contribution is -2.20. The Bertz CT molecular complexity index is 298. The van der Waals surface area contributed by atoms with Crippen LogP contribution in [0.4, 0.5) is 0 Å². The van der Waals surface area contributed by atoms with Gasteiger partial charge in [-0.2, -0.15) is 0 Å². The second-order valence-corrected chi connectivity index (χ2v) is 4.00. The van der Waals surface area contributed by atoms with E-state index in [1.165, 1.54) is 5.56 Å². The molecule has 1 N–H and O–H groups in total. The molecule has 0 unspecified atom stereocenters. The van der Waals surface area contributed by atoms with Crippen LogP contribution in [0.1, 0.15) is 31.9 Å². The monoisotopic (exact) mass is 237 g/mol. The van der Waals surface area contributed by atoms with Gasteiger partial charge in [0.05, 0.1) is 7.11 Å². The lowest BCUT2D eigenvalue weighted by atomic mass is 10.1. The molecule has 0 heterocycles. The quantitative estimate of drug-likeness (QED) is 0.705. The van der Waals surface area contributed by atoms with E-state index in [4.69, 9.17) is 9.47 Å². The number of ether oxygens (including phenoxy) is 2. The number of methoxy groups -OCH3 is 1. The Morgan fingerprint density at radius 3 is 2.53 bits per heavy atom. The molecule has 0 amide bonds. The van der Waals surface area contributed by atoms with Gasteiger partial charge >= 0.3 is 0 Å². The van der Waals surface area contributed by atoms with Crippen LogP contribution < -0.4 is 10.1 Å². The molecule has 1 aromatic carbocycles. The molecule has 17 heavy (non-hydrogen) atoms. The van der Waals surface area contributed by atoms with Crippen LogP contribution in [0.15, 0.2) is 24.3 Å². The van der Waals surface area contributed by atoms with E-state index in [1.807, 2.05) is 19.1 Å². The van der Waals surface area contributed by atoms with Gasteiger partial charge in [-0.15, -0.1) is 0 Å². The maximum Gasteiger partial charge on any atom is 0.118 e. The highest BCUT2D eigenvalue weighted by atomic mass is 16.5. The summed E-state index contributed by atoms with van der Waals surface area (Å²) >= 11 is 0. The molecule has 0 bridgehead atoms. The number of hydrogen-bond acceptors (Lipinski definition) is 3. The Morgan fingerprint density at radius 1 is 1.24 bits per heavy atom. The standard InChI is InChI=1S/C14H23NO2/c1-4-17-11-5-10-15-12(2)13-6-8-14(16-3)9-7-13/h6-9,12,15H,4-5,10-11H2,1-3H3/t12-/m1/s1. The molecular weight excluding hydrogens is 214 g/mol. The highest BCUT2D eigenvalue weighted by molar-refractivity contribution is 5.28. The summed E-state index contributed by atoms with van der Waals surface area (Å²) in [5.74, 6) is 0.900. The third-order valence-corrected chi connectivity index (χ3v) is 2.74. The lowest BCUT2D eigenvalue weighted by Gasteiger charge is -2.14. The number of nitrogens with one attached hydrogen (secondary N) is 1. The van der Waals surface area contributed by atoms with Gasteiger partial charge in [0, 0.05) is 19.3 Å². The molecule has 0 spiro atoms. The summed E-state index contributed by atoms with van der Waals surface area (Å²) in [6, 6.07) is 8.54. The average Bonchev–Trinajstić information content (AvgIpc) is 2.38. The molecule has 0 saturated heterocycles. The van der Waals surface area contributed by atoms with Gasteiger partial charge in [0.15, 0.2) is 0 Å². The van der Waals surface area contributed by atoms with Crippen molar-refractivity contribution in [3.8, 4) is 5.75 Å². The molecule has 0 aliphatic carbocycles. The number of rotatable bonds is 8. The van der Waals surface area contributed by atoms with Gasteiger partial charge in [-0.25, -0.2) is 0 Å². The molecule has 0 radical (unpaired) electrons. The fourth-order valence-electron chi connectivity index (χ4n) is 1.65. The molecule has 3 nitrogen and oxygen atoms in total. The predicted molar refractivity (Wildman–Crippen MR) is 70.5 cm³/mol. The number of benzene rings is 1. The molecule has 0 saturated carbocycles. The summed E-state index contributed by atoms with van der Waals surface area (Å²) in [5.41, 5.74) is 1.28. The molecule has 0 aliphatic rings. The molecular formula is C14H23NO2. The van der Waals surface area contributed by atoms with Crippen molar-refractivity contribution in [1.82, 2.24) is 5.32 Å². The van der Waals surface area contributed by atoms with Crippen molar-refractivity contribution in [3.05, 3.63) is 29.8 Å². The third kappa shape index (κ3) is 5.20. The molecule has 0 aromatic heterocycles. The first-order valence-electron chi connectivity index (χ1n) is 6.23. The zero-order chi connectivity index (χ0) is 12.5. The van der Waals surface area contributed by atoms with Crippen LogP contribution in [-0.4, -0.2) is 26.9 Å². The highest BCUT2D eigenvalue weighted by Crippen LogP contribution is 2.16.